The summed E-state index contributed by atoms with van der Waals surface area (Å²) >= 11 is 0. The van der Waals surface area contributed by atoms with Gasteiger partial charge in [-0.1, -0.05) is 55.0 Å². The van der Waals surface area contributed by atoms with Crippen molar-refractivity contribution in [1.29, 1.82) is 0 Å². The fraction of sp³-hybridized carbons (Fsp3) is 0.310. The summed E-state index contributed by atoms with van der Waals surface area (Å²) in [5.74, 6) is 0.941. The molecule has 0 aromatic heterocycles. The molecule has 0 aliphatic heterocycles. The Morgan fingerprint density at radius 2 is 1.64 bits per heavy atom. The lowest BCUT2D eigenvalue weighted by atomic mass is 10.1. The van der Waals surface area contributed by atoms with Crippen LogP contribution in [0.1, 0.15) is 40.9 Å². The summed E-state index contributed by atoms with van der Waals surface area (Å²) in [4.78, 5) is 27.8. The quantitative estimate of drug-likeness (QED) is 0.382. The lowest BCUT2D eigenvalue weighted by Crippen LogP contribution is -2.33. The molecule has 0 heterocycles. The van der Waals surface area contributed by atoms with Crippen molar-refractivity contribution in [3.8, 4) is 11.5 Å². The van der Waals surface area contributed by atoms with E-state index in [0.717, 1.165) is 11.1 Å². The Balaban J connectivity index is 1.61. The van der Waals surface area contributed by atoms with Gasteiger partial charge >= 0.3 is 0 Å². The van der Waals surface area contributed by atoms with Gasteiger partial charge in [-0.2, -0.15) is 0 Å². The summed E-state index contributed by atoms with van der Waals surface area (Å²) in [6.07, 6.45) is 0. The van der Waals surface area contributed by atoms with Crippen molar-refractivity contribution in [2.45, 2.75) is 33.9 Å². The topological polar surface area (TPSA) is 79.9 Å². The minimum Gasteiger partial charge on any atom is -0.493 e. The van der Waals surface area contributed by atoms with E-state index in [4.69, 9.17) is 9.47 Å². The third-order valence-corrected chi connectivity index (χ3v) is 5.77. The van der Waals surface area contributed by atoms with E-state index in [0.29, 0.717) is 49.0 Å². The molecule has 3 rings (SSSR count). The van der Waals surface area contributed by atoms with Gasteiger partial charge in [0.25, 0.3) is 5.91 Å². The molecule has 0 radical (unpaired) electrons. The summed E-state index contributed by atoms with van der Waals surface area (Å²) in [6, 6.07) is 20.8. The molecule has 190 valence electrons. The number of nitrogens with zero attached hydrogens (tertiary/aromatic N) is 1. The van der Waals surface area contributed by atoms with Gasteiger partial charge in [-0.25, -0.2) is 0 Å². The Hall–Kier alpha value is -3.84. The molecule has 0 atom stereocenters. The van der Waals surface area contributed by atoms with Crippen molar-refractivity contribution in [2.24, 2.45) is 0 Å². The van der Waals surface area contributed by atoms with Crippen molar-refractivity contribution in [3.63, 3.8) is 0 Å². The Kier molecular flexibility index (Phi) is 9.89. The zero-order valence-electron chi connectivity index (χ0n) is 21.5. The molecule has 0 bridgehead atoms. The molecule has 2 N–H and O–H groups in total. The number of rotatable bonds is 12. The lowest BCUT2D eigenvalue weighted by molar-refractivity contribution is -0.117. The van der Waals surface area contributed by atoms with Crippen LogP contribution in [0.2, 0.25) is 0 Å². The van der Waals surface area contributed by atoms with Gasteiger partial charge in [-0.3, -0.25) is 14.5 Å². The lowest BCUT2D eigenvalue weighted by Gasteiger charge is -2.21. The molecule has 7 nitrogen and oxygen atoms in total. The molecular weight excluding hydrogens is 454 g/mol. The molecule has 0 saturated heterocycles. The Morgan fingerprint density at radius 1 is 0.917 bits per heavy atom. The normalized spacial score (nSPS) is 10.7. The number of carbonyl (C=O) groups excluding carboxylic acids is 2. The summed E-state index contributed by atoms with van der Waals surface area (Å²) in [5, 5.41) is 5.84. The maximum Gasteiger partial charge on any atom is 0.253 e. The molecule has 36 heavy (non-hydrogen) atoms. The predicted molar refractivity (Wildman–Crippen MR) is 143 cm³/mol. The highest BCUT2D eigenvalue weighted by Crippen LogP contribution is 2.28. The van der Waals surface area contributed by atoms with Gasteiger partial charge in [-0.05, 0) is 55.8 Å². The molecule has 0 fully saturated rings. The van der Waals surface area contributed by atoms with Gasteiger partial charge in [0, 0.05) is 13.1 Å². The average Bonchev–Trinajstić information content (AvgIpc) is 2.89. The van der Waals surface area contributed by atoms with Crippen molar-refractivity contribution in [2.75, 3.05) is 32.1 Å². The van der Waals surface area contributed by atoms with E-state index in [2.05, 4.69) is 10.6 Å². The van der Waals surface area contributed by atoms with E-state index in [1.54, 1.807) is 31.4 Å². The first kappa shape index (κ1) is 26.8. The van der Waals surface area contributed by atoms with Gasteiger partial charge in [0.2, 0.25) is 5.91 Å². The Bertz CT molecular complexity index is 1160. The number of aryl methyl sites for hydroxylation is 1. The first-order chi connectivity index (χ1) is 17.4. The summed E-state index contributed by atoms with van der Waals surface area (Å²) in [5.41, 5.74) is 4.11. The van der Waals surface area contributed by atoms with Crippen LogP contribution in [0.5, 0.6) is 11.5 Å². The monoisotopic (exact) mass is 489 g/mol. The Morgan fingerprint density at radius 3 is 2.33 bits per heavy atom. The molecule has 2 amide bonds. The molecule has 3 aromatic carbocycles. The molecule has 0 aliphatic carbocycles. The SMILES string of the molecule is CCOc1ccc(CN(CC)CC(=O)Nc2ccccc2C(=O)NCc2ccc(C)cc2)cc1OC. The van der Waals surface area contributed by atoms with Gasteiger partial charge < -0.3 is 20.1 Å². The van der Waals surface area contributed by atoms with Crippen LogP contribution in [0.3, 0.4) is 0 Å². The molecule has 0 aliphatic rings. The number of likely N-dealkylation sites (N-methyl/N-ethyl adjacent to an activating group) is 1. The maximum atomic E-state index is 12.9. The zero-order valence-corrected chi connectivity index (χ0v) is 21.5. The van der Waals surface area contributed by atoms with E-state index in [9.17, 15) is 9.59 Å². The first-order valence-corrected chi connectivity index (χ1v) is 12.2. The second-order valence-electron chi connectivity index (χ2n) is 8.48. The average molecular weight is 490 g/mol. The van der Waals surface area contributed by atoms with Gasteiger partial charge in [-0.15, -0.1) is 0 Å². The zero-order chi connectivity index (χ0) is 25.9. The number of hydrogen-bond donors (Lipinski definition) is 2. The number of carbonyl (C=O) groups is 2. The van der Waals surface area contributed by atoms with E-state index in [1.165, 1.54) is 5.56 Å². The number of benzene rings is 3. The highest BCUT2D eigenvalue weighted by molar-refractivity contribution is 6.04. The van der Waals surface area contributed by atoms with E-state index < -0.39 is 0 Å². The second kappa shape index (κ2) is 13.3. The maximum absolute atomic E-state index is 12.9. The number of para-hydroxylation sites is 1. The summed E-state index contributed by atoms with van der Waals surface area (Å²) in [6.45, 7) is 8.37. The molecule has 0 unspecified atom stereocenters. The summed E-state index contributed by atoms with van der Waals surface area (Å²) in [7, 11) is 1.61. The summed E-state index contributed by atoms with van der Waals surface area (Å²) < 4.78 is 11.0. The van der Waals surface area contributed by atoms with Crippen LogP contribution >= 0.6 is 0 Å². The van der Waals surface area contributed by atoms with Crippen molar-refractivity contribution in [3.05, 3.63) is 89.0 Å². The number of amides is 2. The fourth-order valence-corrected chi connectivity index (χ4v) is 3.79. The molecule has 7 heteroatoms. The first-order valence-electron chi connectivity index (χ1n) is 12.2. The van der Waals surface area contributed by atoms with Gasteiger partial charge in [0.15, 0.2) is 11.5 Å². The standard InChI is InChI=1S/C29H35N3O4/c1-5-32(19-23-15-16-26(36-6-2)27(17-23)35-4)20-28(33)31-25-10-8-7-9-24(25)29(34)30-18-22-13-11-21(3)12-14-22/h7-17H,5-6,18-20H2,1-4H3,(H,30,34)(H,31,33). The highest BCUT2D eigenvalue weighted by Gasteiger charge is 2.16. The minimum absolute atomic E-state index is 0.186. The van der Waals surface area contributed by atoms with Gasteiger partial charge in [0.1, 0.15) is 0 Å². The van der Waals surface area contributed by atoms with Crippen LogP contribution in [-0.4, -0.2) is 43.5 Å². The molecule has 3 aromatic rings. The fourth-order valence-electron chi connectivity index (χ4n) is 3.79. The largest absolute Gasteiger partial charge is 0.493 e. The minimum atomic E-state index is -0.236. The van der Waals surface area contributed by atoms with E-state index >= 15 is 0 Å². The van der Waals surface area contributed by atoms with Crippen LogP contribution in [0.25, 0.3) is 0 Å². The highest BCUT2D eigenvalue weighted by atomic mass is 16.5. The van der Waals surface area contributed by atoms with Crippen LogP contribution in [0.15, 0.2) is 66.7 Å². The van der Waals surface area contributed by atoms with Crippen molar-refractivity contribution < 1.29 is 19.1 Å². The van der Waals surface area contributed by atoms with Crippen LogP contribution in [0, 0.1) is 6.92 Å². The smallest absolute Gasteiger partial charge is 0.253 e. The van der Waals surface area contributed by atoms with Crippen molar-refractivity contribution >= 4 is 17.5 Å². The van der Waals surface area contributed by atoms with E-state index in [-0.39, 0.29) is 18.4 Å². The third kappa shape index (κ3) is 7.58. The van der Waals surface area contributed by atoms with Crippen molar-refractivity contribution in [1.82, 2.24) is 10.2 Å². The number of ether oxygens (including phenoxy) is 2. The Labute approximate surface area is 213 Å². The molecule has 0 saturated carbocycles. The van der Waals surface area contributed by atoms with Crippen LogP contribution in [-0.2, 0) is 17.9 Å². The van der Waals surface area contributed by atoms with E-state index in [1.807, 2.05) is 68.1 Å². The number of methoxy groups -OCH3 is 1. The predicted octanol–water partition coefficient (Wildman–Crippen LogP) is 4.79. The molecule has 0 spiro atoms. The third-order valence-electron chi connectivity index (χ3n) is 5.77. The molecular formula is C29H35N3O4. The number of hydrogen-bond acceptors (Lipinski definition) is 5. The number of nitrogens with one attached hydrogen (secondary N) is 2. The van der Waals surface area contributed by atoms with Gasteiger partial charge in [0.05, 0.1) is 31.5 Å². The van der Waals surface area contributed by atoms with Crippen LogP contribution in [0.4, 0.5) is 5.69 Å². The van der Waals surface area contributed by atoms with Crippen LogP contribution < -0.4 is 20.1 Å². The number of anilines is 1. The second-order valence-corrected chi connectivity index (χ2v) is 8.48.